The van der Waals surface area contributed by atoms with Gasteiger partial charge in [-0.05, 0) is 32.9 Å². The number of ether oxygens (including phenoxy) is 1. The van der Waals surface area contributed by atoms with Crippen molar-refractivity contribution >= 4 is 17.7 Å². The summed E-state index contributed by atoms with van der Waals surface area (Å²) in [5.41, 5.74) is 0. The molecule has 0 aliphatic carbocycles. The smallest absolute Gasteiger partial charge is 0.319 e. The van der Waals surface area contributed by atoms with Gasteiger partial charge in [-0.15, -0.1) is 11.8 Å². The Morgan fingerprint density at radius 3 is 2.28 bits per heavy atom. The van der Waals surface area contributed by atoms with Gasteiger partial charge in [0.25, 0.3) is 0 Å². The molecular formula is C11H18F4O2S. The minimum atomic E-state index is -3.94. The Labute approximate surface area is 108 Å². The van der Waals surface area contributed by atoms with E-state index in [1.54, 1.807) is 20.8 Å². The number of rotatable bonds is 8. The van der Waals surface area contributed by atoms with Gasteiger partial charge in [0.1, 0.15) is 0 Å². The second-order valence-corrected chi connectivity index (χ2v) is 5.61. The van der Waals surface area contributed by atoms with Gasteiger partial charge in [-0.1, -0.05) is 0 Å². The highest BCUT2D eigenvalue weighted by Crippen LogP contribution is 2.29. The maximum Gasteiger partial charge on any atom is 0.319 e. The second kappa shape index (κ2) is 7.86. The van der Waals surface area contributed by atoms with Crippen LogP contribution in [-0.2, 0) is 9.53 Å². The molecule has 0 N–H and O–H groups in total. The molecule has 0 spiro atoms. The summed E-state index contributed by atoms with van der Waals surface area (Å²) in [7, 11) is 0. The Hall–Kier alpha value is -0.460. The summed E-state index contributed by atoms with van der Waals surface area (Å²) in [4.78, 5) is 11.3. The summed E-state index contributed by atoms with van der Waals surface area (Å²) in [6, 6.07) is 0. The van der Waals surface area contributed by atoms with Crippen molar-refractivity contribution in [3.63, 3.8) is 0 Å². The fraction of sp³-hybridized carbons (Fsp3) is 0.909. The maximum absolute atomic E-state index is 12.6. The van der Waals surface area contributed by atoms with E-state index in [4.69, 9.17) is 4.74 Å². The maximum atomic E-state index is 12.6. The Bertz CT molecular complexity index is 259. The van der Waals surface area contributed by atoms with Crippen LogP contribution in [0.2, 0.25) is 0 Å². The average molecular weight is 290 g/mol. The lowest BCUT2D eigenvalue weighted by molar-refractivity contribution is -0.146. The zero-order chi connectivity index (χ0) is 14.3. The quantitative estimate of drug-likeness (QED) is 0.387. The first-order chi connectivity index (χ1) is 8.16. The zero-order valence-corrected chi connectivity index (χ0v) is 11.4. The van der Waals surface area contributed by atoms with Crippen LogP contribution >= 0.6 is 11.8 Å². The van der Waals surface area contributed by atoms with Gasteiger partial charge >= 0.3 is 18.3 Å². The summed E-state index contributed by atoms with van der Waals surface area (Å²) < 4.78 is 53.7. The van der Waals surface area contributed by atoms with Crippen molar-refractivity contribution in [3.05, 3.63) is 0 Å². The molecule has 0 aromatic rings. The second-order valence-electron chi connectivity index (χ2n) is 4.16. The van der Waals surface area contributed by atoms with E-state index in [2.05, 4.69) is 0 Å². The molecular weight excluding hydrogens is 272 g/mol. The molecule has 0 bridgehead atoms. The average Bonchev–Trinajstić information content (AvgIpc) is 2.22. The lowest BCUT2D eigenvalue weighted by Crippen LogP contribution is -2.26. The molecule has 0 rings (SSSR count). The summed E-state index contributed by atoms with van der Waals surface area (Å²) >= 11 is 1.13. The van der Waals surface area contributed by atoms with Crippen molar-refractivity contribution < 1.29 is 27.1 Å². The van der Waals surface area contributed by atoms with E-state index < -0.39 is 30.0 Å². The third-order valence-electron chi connectivity index (χ3n) is 2.03. The molecule has 2 nitrogen and oxygen atoms in total. The highest BCUT2D eigenvalue weighted by molar-refractivity contribution is 8.00. The molecule has 0 saturated carbocycles. The minimum absolute atomic E-state index is 0.0681. The highest BCUT2D eigenvalue weighted by atomic mass is 32.2. The predicted octanol–water partition coefficient (Wildman–Crippen LogP) is 3.74. The van der Waals surface area contributed by atoms with Crippen molar-refractivity contribution in [2.45, 2.75) is 57.3 Å². The normalized spacial score (nSPS) is 14.1. The van der Waals surface area contributed by atoms with E-state index >= 15 is 0 Å². The fourth-order valence-corrected chi connectivity index (χ4v) is 1.93. The molecule has 108 valence electrons. The summed E-state index contributed by atoms with van der Waals surface area (Å²) in [5, 5.41) is -0.479. The molecule has 0 saturated heterocycles. The van der Waals surface area contributed by atoms with Crippen LogP contribution in [-0.4, -0.2) is 35.4 Å². The summed E-state index contributed by atoms with van der Waals surface area (Å²) in [6.07, 6.45) is -4.81. The van der Waals surface area contributed by atoms with Crippen molar-refractivity contribution in [3.8, 4) is 0 Å². The summed E-state index contributed by atoms with van der Waals surface area (Å²) in [6.45, 7) is 5.01. The molecule has 7 heteroatoms. The lowest BCUT2D eigenvalue weighted by Gasteiger charge is -2.16. The van der Waals surface area contributed by atoms with Crippen LogP contribution in [0.25, 0.3) is 0 Å². The van der Waals surface area contributed by atoms with Crippen LogP contribution in [0, 0.1) is 0 Å². The number of carbonyl (C=O) groups excluding carboxylic acids is 1. The number of alkyl halides is 4. The standard InChI is InChI=1S/C11H18F4O2S/c1-7(2)17-9(16)8(3)18-6-4-5-11(14,15)10(12)13/h7-8,10H,4-6H2,1-3H3. The van der Waals surface area contributed by atoms with Gasteiger partial charge in [0.05, 0.1) is 11.4 Å². The topological polar surface area (TPSA) is 26.3 Å². The number of hydrogen-bond donors (Lipinski definition) is 0. The van der Waals surface area contributed by atoms with E-state index in [-0.39, 0.29) is 18.3 Å². The first kappa shape index (κ1) is 17.5. The van der Waals surface area contributed by atoms with E-state index in [9.17, 15) is 22.4 Å². The molecule has 1 unspecified atom stereocenters. The Kier molecular flexibility index (Phi) is 7.66. The molecule has 0 amide bonds. The van der Waals surface area contributed by atoms with Crippen LogP contribution in [0.4, 0.5) is 17.6 Å². The predicted molar refractivity (Wildman–Crippen MR) is 63.3 cm³/mol. The van der Waals surface area contributed by atoms with Crippen LogP contribution in [0.15, 0.2) is 0 Å². The lowest BCUT2D eigenvalue weighted by atomic mass is 10.2. The number of hydrogen-bond acceptors (Lipinski definition) is 3. The van der Waals surface area contributed by atoms with Crippen molar-refractivity contribution in [2.75, 3.05) is 5.75 Å². The Morgan fingerprint density at radius 1 is 1.28 bits per heavy atom. The van der Waals surface area contributed by atoms with Crippen LogP contribution < -0.4 is 0 Å². The van der Waals surface area contributed by atoms with Crippen LogP contribution in [0.3, 0.4) is 0 Å². The largest absolute Gasteiger partial charge is 0.462 e. The number of halogens is 4. The first-order valence-corrected chi connectivity index (χ1v) is 6.69. The zero-order valence-electron chi connectivity index (χ0n) is 10.6. The Morgan fingerprint density at radius 2 is 1.83 bits per heavy atom. The molecule has 0 radical (unpaired) electrons. The third kappa shape index (κ3) is 7.08. The van der Waals surface area contributed by atoms with E-state index in [1.807, 2.05) is 0 Å². The molecule has 0 aliphatic rings. The first-order valence-electron chi connectivity index (χ1n) is 5.65. The summed E-state index contributed by atoms with van der Waals surface area (Å²) in [5.74, 6) is -4.14. The number of esters is 1. The Balaban J connectivity index is 3.82. The molecule has 0 heterocycles. The van der Waals surface area contributed by atoms with Crippen molar-refractivity contribution in [1.29, 1.82) is 0 Å². The molecule has 0 aromatic carbocycles. The van der Waals surface area contributed by atoms with Crippen LogP contribution in [0.5, 0.6) is 0 Å². The SMILES string of the molecule is CC(C)OC(=O)C(C)SCCCC(F)(F)C(F)F. The van der Waals surface area contributed by atoms with E-state index in [1.165, 1.54) is 0 Å². The molecule has 0 aliphatic heterocycles. The van der Waals surface area contributed by atoms with Gasteiger partial charge in [-0.3, -0.25) is 4.79 Å². The number of thioether (sulfide) groups is 1. The van der Waals surface area contributed by atoms with Gasteiger partial charge in [0, 0.05) is 6.42 Å². The van der Waals surface area contributed by atoms with Crippen LogP contribution in [0.1, 0.15) is 33.6 Å². The molecule has 0 fully saturated rings. The van der Waals surface area contributed by atoms with Gasteiger partial charge in [0.15, 0.2) is 0 Å². The minimum Gasteiger partial charge on any atom is -0.462 e. The number of carbonyl (C=O) groups is 1. The van der Waals surface area contributed by atoms with Crippen molar-refractivity contribution in [1.82, 2.24) is 0 Å². The van der Waals surface area contributed by atoms with Gasteiger partial charge < -0.3 is 4.74 Å². The van der Waals surface area contributed by atoms with Gasteiger partial charge in [-0.2, -0.15) is 0 Å². The van der Waals surface area contributed by atoms with Gasteiger partial charge in [0.2, 0.25) is 0 Å². The highest BCUT2D eigenvalue weighted by Gasteiger charge is 2.39. The molecule has 0 aromatic heterocycles. The van der Waals surface area contributed by atoms with Gasteiger partial charge in [-0.25, -0.2) is 17.6 Å². The van der Waals surface area contributed by atoms with E-state index in [0.717, 1.165) is 11.8 Å². The molecule has 1 atom stereocenters. The third-order valence-corrected chi connectivity index (χ3v) is 3.24. The molecule has 18 heavy (non-hydrogen) atoms. The fourth-order valence-electron chi connectivity index (χ4n) is 1.07. The monoisotopic (exact) mass is 290 g/mol. The van der Waals surface area contributed by atoms with E-state index in [0.29, 0.717) is 0 Å². The van der Waals surface area contributed by atoms with Crippen molar-refractivity contribution in [2.24, 2.45) is 0 Å².